The molecule has 0 aromatic heterocycles. The Labute approximate surface area is 87.5 Å². The Morgan fingerprint density at radius 1 is 1.15 bits per heavy atom. The minimum Gasteiger partial charge on any atom is -0.347 e. The van der Waals surface area contributed by atoms with Gasteiger partial charge in [-0.05, 0) is 12.8 Å². The Bertz CT molecular complexity index is 236. The van der Waals surface area contributed by atoms with Gasteiger partial charge in [0.2, 0.25) is 0 Å². The van der Waals surface area contributed by atoms with Gasteiger partial charge in [-0.2, -0.15) is 0 Å². The number of fused-ring (bicyclic) bond motifs is 2. The van der Waals surface area contributed by atoms with Crippen molar-refractivity contribution < 1.29 is 9.47 Å². The van der Waals surface area contributed by atoms with Crippen LogP contribution in [0.1, 0.15) is 19.3 Å². The van der Waals surface area contributed by atoms with E-state index >= 15 is 0 Å². The molecule has 0 aromatic carbocycles. The van der Waals surface area contributed by atoms with E-state index in [1.165, 1.54) is 0 Å². The second-order valence-corrected chi connectivity index (χ2v) is 5.60. The van der Waals surface area contributed by atoms with Gasteiger partial charge in [-0.1, -0.05) is 0 Å². The third-order valence-corrected chi connectivity index (χ3v) is 4.52. The third kappa shape index (κ3) is 1.03. The summed E-state index contributed by atoms with van der Waals surface area (Å²) in [7, 11) is 0. The summed E-state index contributed by atoms with van der Waals surface area (Å²) in [6.07, 6.45) is 3.18. The summed E-state index contributed by atoms with van der Waals surface area (Å²) in [5.41, 5.74) is 0. The van der Waals surface area contributed by atoms with Crippen LogP contribution >= 0.6 is 23.2 Å². The van der Waals surface area contributed by atoms with Gasteiger partial charge in [-0.15, -0.1) is 23.2 Å². The van der Waals surface area contributed by atoms with Gasteiger partial charge in [0.1, 0.15) is 4.33 Å². The Balaban J connectivity index is 1.89. The van der Waals surface area contributed by atoms with Gasteiger partial charge < -0.3 is 9.47 Å². The summed E-state index contributed by atoms with van der Waals surface area (Å²) < 4.78 is 10.8. The molecule has 0 aromatic rings. The number of halogens is 2. The lowest BCUT2D eigenvalue weighted by Crippen LogP contribution is -2.36. The van der Waals surface area contributed by atoms with E-state index in [4.69, 9.17) is 32.7 Å². The first kappa shape index (κ1) is 8.78. The first-order valence-electron chi connectivity index (χ1n) is 4.82. The molecule has 3 fully saturated rings. The van der Waals surface area contributed by atoms with Crippen LogP contribution in [-0.4, -0.2) is 23.3 Å². The molecule has 0 radical (unpaired) electrons. The lowest BCUT2D eigenvalue weighted by Gasteiger charge is -2.30. The van der Waals surface area contributed by atoms with E-state index in [1.807, 2.05) is 0 Å². The third-order valence-electron chi connectivity index (χ3n) is 3.49. The fourth-order valence-electron chi connectivity index (χ4n) is 2.87. The highest BCUT2D eigenvalue weighted by Crippen LogP contribution is 2.70. The fourth-order valence-corrected chi connectivity index (χ4v) is 3.85. The molecule has 2 saturated carbocycles. The molecule has 3 aliphatic rings. The summed E-state index contributed by atoms with van der Waals surface area (Å²) in [6, 6.07) is 0. The van der Waals surface area contributed by atoms with Gasteiger partial charge in [0, 0.05) is 12.3 Å². The minimum atomic E-state index is -0.582. The Morgan fingerprint density at radius 2 is 1.85 bits per heavy atom. The molecule has 0 bridgehead atoms. The average molecular weight is 223 g/mol. The Hall–Kier alpha value is 0.500. The molecule has 3 rings (SSSR count). The maximum absolute atomic E-state index is 6.19. The van der Waals surface area contributed by atoms with Gasteiger partial charge >= 0.3 is 0 Å². The van der Waals surface area contributed by atoms with Crippen LogP contribution in [0.5, 0.6) is 0 Å². The maximum Gasteiger partial charge on any atom is 0.174 e. The van der Waals surface area contributed by atoms with Crippen molar-refractivity contribution in [3.63, 3.8) is 0 Å². The van der Waals surface area contributed by atoms with Crippen molar-refractivity contribution >= 4 is 23.2 Å². The first-order valence-corrected chi connectivity index (χ1v) is 5.58. The molecule has 1 spiro atoms. The van der Waals surface area contributed by atoms with Crippen molar-refractivity contribution in [3.8, 4) is 0 Å². The van der Waals surface area contributed by atoms with Crippen LogP contribution in [0, 0.1) is 11.8 Å². The number of alkyl halides is 2. The zero-order valence-corrected chi connectivity index (χ0v) is 8.77. The molecule has 74 valence electrons. The second-order valence-electron chi connectivity index (χ2n) is 4.16. The van der Waals surface area contributed by atoms with E-state index in [0.717, 1.165) is 19.3 Å². The van der Waals surface area contributed by atoms with Crippen molar-refractivity contribution in [3.05, 3.63) is 0 Å². The molecule has 2 aliphatic carbocycles. The molecule has 2 atom stereocenters. The van der Waals surface area contributed by atoms with Crippen molar-refractivity contribution in [1.82, 2.24) is 0 Å². The highest BCUT2D eigenvalue weighted by Gasteiger charge is 2.74. The summed E-state index contributed by atoms with van der Waals surface area (Å²) >= 11 is 12.4. The Kier molecular flexibility index (Phi) is 1.72. The quantitative estimate of drug-likeness (QED) is 0.587. The highest BCUT2D eigenvalue weighted by atomic mass is 35.5. The number of rotatable bonds is 0. The van der Waals surface area contributed by atoms with E-state index in [9.17, 15) is 0 Å². The fraction of sp³-hybridized carbons (Fsp3) is 1.00. The smallest absolute Gasteiger partial charge is 0.174 e. The van der Waals surface area contributed by atoms with E-state index in [2.05, 4.69) is 0 Å². The summed E-state index contributed by atoms with van der Waals surface area (Å²) in [5.74, 6) is 0.175. The lowest BCUT2D eigenvalue weighted by atomic mass is 9.94. The largest absolute Gasteiger partial charge is 0.347 e. The SMILES string of the molecule is ClC1(Cl)C2CCCC3(OCCO3)C21. The van der Waals surface area contributed by atoms with E-state index in [-0.39, 0.29) is 5.92 Å². The Morgan fingerprint density at radius 3 is 2.54 bits per heavy atom. The second kappa shape index (κ2) is 2.54. The van der Waals surface area contributed by atoms with E-state index in [1.54, 1.807) is 0 Å². The molecule has 0 N–H and O–H groups in total. The predicted octanol–water partition coefficient (Wildman–Crippen LogP) is 2.33. The maximum atomic E-state index is 6.19. The molecular weight excluding hydrogens is 211 g/mol. The van der Waals surface area contributed by atoms with Crippen molar-refractivity contribution in [2.24, 2.45) is 11.8 Å². The van der Waals surface area contributed by atoms with Crippen molar-refractivity contribution in [1.29, 1.82) is 0 Å². The van der Waals surface area contributed by atoms with Gasteiger partial charge in [-0.3, -0.25) is 0 Å². The first-order chi connectivity index (χ1) is 6.17. The van der Waals surface area contributed by atoms with Gasteiger partial charge in [0.05, 0.1) is 19.1 Å². The minimum absolute atomic E-state index is 0.208. The zero-order chi connectivity index (χ0) is 9.10. The normalized spacial score (nSPS) is 44.8. The van der Waals surface area contributed by atoms with Crippen LogP contribution in [0.15, 0.2) is 0 Å². The molecular formula is C9H12Cl2O2. The van der Waals surface area contributed by atoms with Gasteiger partial charge in [-0.25, -0.2) is 0 Å². The van der Waals surface area contributed by atoms with Crippen LogP contribution in [0.25, 0.3) is 0 Å². The summed E-state index contributed by atoms with van der Waals surface area (Å²) in [4.78, 5) is 0. The molecule has 13 heavy (non-hydrogen) atoms. The number of hydrogen-bond acceptors (Lipinski definition) is 2. The van der Waals surface area contributed by atoms with Crippen LogP contribution < -0.4 is 0 Å². The zero-order valence-electron chi connectivity index (χ0n) is 7.26. The predicted molar refractivity (Wildman–Crippen MR) is 49.9 cm³/mol. The molecule has 1 saturated heterocycles. The molecule has 0 amide bonds. The number of ether oxygens (including phenoxy) is 2. The molecule has 2 unspecified atom stereocenters. The van der Waals surface area contributed by atoms with E-state index in [0.29, 0.717) is 19.1 Å². The lowest BCUT2D eigenvalue weighted by molar-refractivity contribution is -0.189. The summed E-state index contributed by atoms with van der Waals surface area (Å²) in [6.45, 7) is 1.38. The number of hydrogen-bond donors (Lipinski definition) is 0. The van der Waals surface area contributed by atoms with Crippen molar-refractivity contribution in [2.45, 2.75) is 29.4 Å². The molecule has 4 heteroatoms. The standard InChI is InChI=1S/C9H12Cl2O2/c10-9(11)6-2-1-3-8(7(6)9)12-4-5-13-8/h6-7H,1-5H2. The molecule has 2 nitrogen and oxygen atoms in total. The molecule has 1 heterocycles. The monoisotopic (exact) mass is 222 g/mol. The molecule has 1 aliphatic heterocycles. The topological polar surface area (TPSA) is 18.5 Å². The van der Waals surface area contributed by atoms with E-state index < -0.39 is 10.1 Å². The van der Waals surface area contributed by atoms with Crippen LogP contribution in [0.4, 0.5) is 0 Å². The van der Waals surface area contributed by atoms with Crippen molar-refractivity contribution in [2.75, 3.05) is 13.2 Å². The van der Waals surface area contributed by atoms with Crippen LogP contribution in [0.3, 0.4) is 0 Å². The summed E-state index contributed by atoms with van der Waals surface area (Å²) in [5, 5.41) is 0. The highest BCUT2D eigenvalue weighted by molar-refractivity contribution is 6.51. The van der Waals surface area contributed by atoms with Gasteiger partial charge in [0.15, 0.2) is 5.79 Å². The van der Waals surface area contributed by atoms with Crippen LogP contribution in [0.2, 0.25) is 0 Å². The van der Waals surface area contributed by atoms with Crippen LogP contribution in [-0.2, 0) is 9.47 Å². The average Bonchev–Trinajstić information content (AvgIpc) is 2.48. The van der Waals surface area contributed by atoms with Gasteiger partial charge in [0.25, 0.3) is 0 Å².